The average Bonchev–Trinajstić information content (AvgIpc) is 2.41. The first kappa shape index (κ1) is 12.7. The molecule has 1 aliphatic heterocycles. The van der Waals surface area contributed by atoms with E-state index >= 15 is 0 Å². The summed E-state index contributed by atoms with van der Waals surface area (Å²) in [5, 5.41) is 4.40. The predicted octanol–water partition coefficient (Wildman–Crippen LogP) is 2.89. The Hall–Kier alpha value is -0.800. The van der Waals surface area contributed by atoms with Crippen molar-refractivity contribution in [3.8, 4) is 0 Å². The van der Waals surface area contributed by atoms with Crippen molar-refractivity contribution in [1.29, 1.82) is 0 Å². The minimum atomic E-state index is 1.03. The van der Waals surface area contributed by atoms with Crippen LogP contribution < -0.4 is 10.2 Å². The molecule has 0 amide bonds. The lowest BCUT2D eigenvalue weighted by molar-refractivity contribution is 0.589. The van der Waals surface area contributed by atoms with E-state index in [4.69, 9.17) is 0 Å². The van der Waals surface area contributed by atoms with Gasteiger partial charge in [-0.2, -0.15) is 0 Å². The summed E-state index contributed by atoms with van der Waals surface area (Å²) in [6, 6.07) is 8.84. The van der Waals surface area contributed by atoms with E-state index in [2.05, 4.69) is 62.6 Å². The quantitative estimate of drug-likeness (QED) is 0.859. The number of hydrogen-bond acceptors (Lipinski definition) is 2. The molecule has 0 aliphatic carbocycles. The maximum atomic E-state index is 3.42. The summed E-state index contributed by atoms with van der Waals surface area (Å²) < 4.78 is 0. The van der Waals surface area contributed by atoms with Gasteiger partial charge in [0, 0.05) is 37.2 Å². The van der Waals surface area contributed by atoms with Gasteiger partial charge in [-0.3, -0.25) is 0 Å². The smallest absolute Gasteiger partial charge is 0.0367 e. The molecule has 0 saturated carbocycles. The molecule has 1 fully saturated rings. The number of rotatable bonds is 4. The van der Waals surface area contributed by atoms with Crippen molar-refractivity contribution in [1.82, 2.24) is 5.32 Å². The van der Waals surface area contributed by atoms with Crippen molar-refractivity contribution in [2.75, 3.05) is 36.4 Å². The van der Waals surface area contributed by atoms with Gasteiger partial charge in [0.1, 0.15) is 0 Å². The van der Waals surface area contributed by atoms with Gasteiger partial charge in [-0.15, -0.1) is 0 Å². The minimum Gasteiger partial charge on any atom is -0.369 e. The van der Waals surface area contributed by atoms with E-state index in [0.29, 0.717) is 0 Å². The second kappa shape index (κ2) is 6.82. The molecular weight excluding hydrogens is 276 g/mol. The van der Waals surface area contributed by atoms with Gasteiger partial charge in [0.15, 0.2) is 0 Å². The van der Waals surface area contributed by atoms with Crippen molar-refractivity contribution in [2.24, 2.45) is 0 Å². The normalized spacial score (nSPS) is 16.6. The topological polar surface area (TPSA) is 15.3 Å². The third-order valence-electron chi connectivity index (χ3n) is 2.96. The molecule has 1 aromatic rings. The molecule has 92 valence electrons. The van der Waals surface area contributed by atoms with Gasteiger partial charge in [0.2, 0.25) is 0 Å². The molecule has 2 rings (SSSR count). The third kappa shape index (κ3) is 3.86. The number of nitrogens with zero attached hydrogens (tertiary/aromatic N) is 1. The molecule has 0 radical (unpaired) electrons. The van der Waals surface area contributed by atoms with Gasteiger partial charge in [0.05, 0.1) is 0 Å². The Kier molecular flexibility index (Phi) is 5.08. The van der Waals surface area contributed by atoms with Crippen LogP contribution >= 0.6 is 15.9 Å². The summed E-state index contributed by atoms with van der Waals surface area (Å²) in [7, 11) is 0. The molecule has 0 unspecified atom stereocenters. The number of nitrogens with one attached hydrogen (secondary N) is 1. The van der Waals surface area contributed by atoms with Crippen LogP contribution in [0.1, 0.15) is 12.0 Å². The molecule has 1 N–H and O–H groups in total. The molecule has 1 aromatic carbocycles. The van der Waals surface area contributed by atoms with Crippen molar-refractivity contribution in [3.63, 3.8) is 0 Å². The Balaban J connectivity index is 1.97. The number of benzene rings is 1. The second-order valence-corrected chi connectivity index (χ2v) is 5.00. The monoisotopic (exact) mass is 294 g/mol. The van der Waals surface area contributed by atoms with E-state index in [1.807, 2.05) is 0 Å². The Morgan fingerprint density at radius 1 is 1.18 bits per heavy atom. The van der Waals surface area contributed by atoms with Crippen LogP contribution in [-0.2, 0) is 0 Å². The first-order valence-corrected chi connectivity index (χ1v) is 7.30. The van der Waals surface area contributed by atoms with Gasteiger partial charge in [-0.05, 0) is 24.1 Å². The molecule has 2 nitrogen and oxygen atoms in total. The van der Waals surface area contributed by atoms with E-state index in [-0.39, 0.29) is 0 Å². The molecular formula is C14H19BrN2. The van der Waals surface area contributed by atoms with Crippen LogP contribution in [0.25, 0.3) is 6.08 Å². The Bertz CT molecular complexity index is 353. The highest BCUT2D eigenvalue weighted by molar-refractivity contribution is 9.09. The van der Waals surface area contributed by atoms with Crippen molar-refractivity contribution < 1.29 is 0 Å². The average molecular weight is 295 g/mol. The number of allylic oxidation sites excluding steroid dienone is 1. The zero-order valence-corrected chi connectivity index (χ0v) is 11.6. The Morgan fingerprint density at radius 2 is 1.88 bits per heavy atom. The predicted molar refractivity (Wildman–Crippen MR) is 79.0 cm³/mol. The van der Waals surface area contributed by atoms with Gasteiger partial charge in [-0.1, -0.05) is 40.2 Å². The van der Waals surface area contributed by atoms with Crippen LogP contribution in [0.3, 0.4) is 0 Å². The van der Waals surface area contributed by atoms with Gasteiger partial charge < -0.3 is 10.2 Å². The molecule has 17 heavy (non-hydrogen) atoms. The van der Waals surface area contributed by atoms with Crippen LogP contribution in [0.2, 0.25) is 0 Å². The molecule has 3 heteroatoms. The summed E-state index contributed by atoms with van der Waals surface area (Å²) in [4.78, 5) is 2.43. The lowest BCUT2D eigenvalue weighted by Crippen LogP contribution is -2.43. The largest absolute Gasteiger partial charge is 0.369 e. The highest BCUT2D eigenvalue weighted by Crippen LogP contribution is 2.16. The van der Waals surface area contributed by atoms with Crippen molar-refractivity contribution >= 4 is 27.7 Å². The van der Waals surface area contributed by atoms with Crippen LogP contribution in [0, 0.1) is 0 Å². The van der Waals surface area contributed by atoms with Crippen LogP contribution in [-0.4, -0.2) is 31.5 Å². The highest BCUT2D eigenvalue weighted by Gasteiger charge is 2.09. The van der Waals surface area contributed by atoms with E-state index in [9.17, 15) is 0 Å². The minimum absolute atomic E-state index is 1.03. The molecule has 0 aromatic heterocycles. The number of piperazine rings is 1. The van der Waals surface area contributed by atoms with Gasteiger partial charge in [-0.25, -0.2) is 0 Å². The fraction of sp³-hybridized carbons (Fsp3) is 0.429. The fourth-order valence-electron chi connectivity index (χ4n) is 2.00. The van der Waals surface area contributed by atoms with E-state index in [0.717, 1.165) is 37.9 Å². The van der Waals surface area contributed by atoms with Crippen LogP contribution in [0.15, 0.2) is 30.3 Å². The molecule has 1 aliphatic rings. The molecule has 0 atom stereocenters. The zero-order valence-electron chi connectivity index (χ0n) is 10.0. The number of halogens is 1. The lowest BCUT2D eigenvalue weighted by atomic mass is 10.1. The molecule has 0 bridgehead atoms. The molecule has 0 spiro atoms. The standard InChI is InChI=1S/C14H19BrN2/c15-8-2-1-3-13-4-6-14(7-5-13)17-11-9-16-10-12-17/h1,3-7,16H,2,8-12H2. The fourth-order valence-corrected chi connectivity index (χ4v) is 2.27. The lowest BCUT2D eigenvalue weighted by Gasteiger charge is -2.29. The third-order valence-corrected chi connectivity index (χ3v) is 3.42. The SMILES string of the molecule is BrCCC=Cc1ccc(N2CCNCC2)cc1. The van der Waals surface area contributed by atoms with Crippen molar-refractivity contribution in [2.45, 2.75) is 6.42 Å². The summed E-state index contributed by atoms with van der Waals surface area (Å²) in [5.74, 6) is 0. The van der Waals surface area contributed by atoms with Gasteiger partial charge >= 0.3 is 0 Å². The maximum absolute atomic E-state index is 3.42. The first-order valence-electron chi connectivity index (χ1n) is 6.18. The number of alkyl halides is 1. The van der Waals surface area contributed by atoms with E-state index in [1.165, 1.54) is 11.3 Å². The number of hydrogen-bond donors (Lipinski definition) is 1. The Labute approximate surface area is 112 Å². The first-order chi connectivity index (χ1) is 8.40. The van der Waals surface area contributed by atoms with E-state index in [1.54, 1.807) is 0 Å². The van der Waals surface area contributed by atoms with Crippen LogP contribution in [0.4, 0.5) is 5.69 Å². The molecule has 1 heterocycles. The summed E-state index contributed by atoms with van der Waals surface area (Å²) >= 11 is 3.42. The maximum Gasteiger partial charge on any atom is 0.0367 e. The zero-order chi connectivity index (χ0) is 11.9. The Morgan fingerprint density at radius 3 is 2.53 bits per heavy atom. The summed E-state index contributed by atoms with van der Waals surface area (Å²) in [5.41, 5.74) is 2.62. The van der Waals surface area contributed by atoms with E-state index < -0.39 is 0 Å². The van der Waals surface area contributed by atoms with Crippen LogP contribution in [0.5, 0.6) is 0 Å². The van der Waals surface area contributed by atoms with Gasteiger partial charge in [0.25, 0.3) is 0 Å². The summed E-state index contributed by atoms with van der Waals surface area (Å²) in [6.07, 6.45) is 5.47. The highest BCUT2D eigenvalue weighted by atomic mass is 79.9. The molecule has 1 saturated heterocycles. The second-order valence-electron chi connectivity index (χ2n) is 4.21. The number of anilines is 1. The van der Waals surface area contributed by atoms with Crippen molar-refractivity contribution in [3.05, 3.63) is 35.9 Å². The summed E-state index contributed by atoms with van der Waals surface area (Å²) in [6.45, 7) is 4.40.